The summed E-state index contributed by atoms with van der Waals surface area (Å²) < 4.78 is 0. The van der Waals surface area contributed by atoms with Gasteiger partial charge in [0.25, 0.3) is 0 Å². The summed E-state index contributed by atoms with van der Waals surface area (Å²) in [5.41, 5.74) is 2.75. The SMILES string of the molecule is CCCCC(C)(C)C1Nc2ccccc2N1. The maximum absolute atomic E-state index is 3.57. The summed E-state index contributed by atoms with van der Waals surface area (Å²) in [6.45, 7) is 6.92. The van der Waals surface area contributed by atoms with Crippen molar-refractivity contribution in [2.24, 2.45) is 5.41 Å². The first-order valence-electron chi connectivity index (χ1n) is 6.25. The number of hydrogen-bond donors (Lipinski definition) is 2. The molecule has 1 aromatic carbocycles. The van der Waals surface area contributed by atoms with E-state index < -0.39 is 0 Å². The lowest BCUT2D eigenvalue weighted by Gasteiger charge is -2.32. The Hall–Kier alpha value is -1.18. The van der Waals surface area contributed by atoms with Crippen LogP contribution >= 0.6 is 0 Å². The fourth-order valence-electron chi connectivity index (χ4n) is 2.25. The molecule has 0 aliphatic carbocycles. The van der Waals surface area contributed by atoms with E-state index in [4.69, 9.17) is 0 Å². The lowest BCUT2D eigenvalue weighted by Crippen LogP contribution is -2.38. The standard InChI is InChI=1S/C14H22N2/c1-4-5-10-14(2,3)13-15-11-8-6-7-9-12(11)16-13/h6-9,13,15-16H,4-5,10H2,1-3H3. The van der Waals surface area contributed by atoms with E-state index in [9.17, 15) is 0 Å². The molecule has 0 spiro atoms. The first-order valence-corrected chi connectivity index (χ1v) is 6.25. The second-order valence-corrected chi connectivity index (χ2v) is 5.36. The molecular formula is C14H22N2. The van der Waals surface area contributed by atoms with Crippen LogP contribution in [-0.4, -0.2) is 6.17 Å². The van der Waals surface area contributed by atoms with Gasteiger partial charge in [0.2, 0.25) is 0 Å². The summed E-state index contributed by atoms with van der Waals surface area (Å²) in [6.07, 6.45) is 4.17. The van der Waals surface area contributed by atoms with Crippen LogP contribution in [0.4, 0.5) is 11.4 Å². The molecule has 2 rings (SSSR count). The Morgan fingerprint density at radius 2 is 1.69 bits per heavy atom. The van der Waals surface area contributed by atoms with Gasteiger partial charge in [-0.05, 0) is 18.6 Å². The lowest BCUT2D eigenvalue weighted by atomic mass is 9.84. The second kappa shape index (κ2) is 4.36. The van der Waals surface area contributed by atoms with Gasteiger partial charge in [0.05, 0.1) is 11.4 Å². The highest BCUT2D eigenvalue weighted by Crippen LogP contribution is 2.37. The number of para-hydroxylation sites is 2. The van der Waals surface area contributed by atoms with Crippen molar-refractivity contribution in [2.45, 2.75) is 46.2 Å². The van der Waals surface area contributed by atoms with E-state index in [0.717, 1.165) is 0 Å². The van der Waals surface area contributed by atoms with Gasteiger partial charge >= 0.3 is 0 Å². The first kappa shape index (κ1) is 11.3. The van der Waals surface area contributed by atoms with Gasteiger partial charge in [-0.15, -0.1) is 0 Å². The molecule has 0 amide bonds. The van der Waals surface area contributed by atoms with Crippen molar-refractivity contribution in [2.75, 3.05) is 10.6 Å². The quantitative estimate of drug-likeness (QED) is 0.796. The minimum Gasteiger partial charge on any atom is -0.363 e. The highest BCUT2D eigenvalue weighted by molar-refractivity contribution is 5.74. The molecule has 2 nitrogen and oxygen atoms in total. The molecule has 16 heavy (non-hydrogen) atoms. The number of anilines is 2. The van der Waals surface area contributed by atoms with E-state index >= 15 is 0 Å². The molecule has 0 aromatic heterocycles. The summed E-state index contributed by atoms with van der Waals surface area (Å²) in [5, 5.41) is 7.15. The monoisotopic (exact) mass is 218 g/mol. The number of fused-ring (bicyclic) bond motifs is 1. The predicted molar refractivity (Wildman–Crippen MR) is 70.8 cm³/mol. The number of hydrogen-bond acceptors (Lipinski definition) is 2. The normalized spacial score (nSPS) is 15.4. The molecule has 0 atom stereocenters. The predicted octanol–water partition coefficient (Wildman–Crippen LogP) is 4.07. The van der Waals surface area contributed by atoms with Crippen molar-refractivity contribution in [3.05, 3.63) is 24.3 Å². The third kappa shape index (κ3) is 2.16. The summed E-state index contributed by atoms with van der Waals surface area (Å²) in [4.78, 5) is 0. The summed E-state index contributed by atoms with van der Waals surface area (Å²) >= 11 is 0. The van der Waals surface area contributed by atoms with E-state index in [0.29, 0.717) is 6.17 Å². The smallest absolute Gasteiger partial charge is 0.102 e. The number of nitrogens with one attached hydrogen (secondary N) is 2. The molecular weight excluding hydrogens is 196 g/mol. The third-order valence-electron chi connectivity index (χ3n) is 3.48. The van der Waals surface area contributed by atoms with Crippen molar-refractivity contribution in [3.8, 4) is 0 Å². The average Bonchev–Trinajstić information content (AvgIpc) is 2.71. The molecule has 2 N–H and O–H groups in total. The van der Waals surface area contributed by atoms with Crippen LogP contribution in [0.2, 0.25) is 0 Å². The fourth-order valence-corrected chi connectivity index (χ4v) is 2.25. The zero-order valence-electron chi connectivity index (χ0n) is 10.5. The number of benzene rings is 1. The van der Waals surface area contributed by atoms with Gasteiger partial charge in [0.1, 0.15) is 6.17 Å². The van der Waals surface area contributed by atoms with Crippen LogP contribution in [-0.2, 0) is 0 Å². The van der Waals surface area contributed by atoms with Crippen LogP contribution in [0.3, 0.4) is 0 Å². The summed E-state index contributed by atoms with van der Waals surface area (Å²) in [6, 6.07) is 8.43. The van der Waals surface area contributed by atoms with Crippen LogP contribution in [0, 0.1) is 5.41 Å². The van der Waals surface area contributed by atoms with Crippen molar-refractivity contribution in [3.63, 3.8) is 0 Å². The van der Waals surface area contributed by atoms with Gasteiger partial charge in [-0.1, -0.05) is 45.7 Å². The molecule has 1 aliphatic rings. The Balaban J connectivity index is 2.05. The molecule has 0 unspecified atom stereocenters. The molecule has 1 aromatic rings. The first-order chi connectivity index (χ1) is 7.63. The Kier molecular flexibility index (Phi) is 3.08. The van der Waals surface area contributed by atoms with Crippen LogP contribution in [0.1, 0.15) is 40.0 Å². The van der Waals surface area contributed by atoms with Crippen molar-refractivity contribution < 1.29 is 0 Å². The van der Waals surface area contributed by atoms with Gasteiger partial charge < -0.3 is 10.6 Å². The van der Waals surface area contributed by atoms with Gasteiger partial charge in [-0.2, -0.15) is 0 Å². The van der Waals surface area contributed by atoms with E-state index in [1.54, 1.807) is 0 Å². The van der Waals surface area contributed by atoms with Crippen molar-refractivity contribution >= 4 is 11.4 Å². The number of rotatable bonds is 4. The van der Waals surface area contributed by atoms with Gasteiger partial charge in [-0.3, -0.25) is 0 Å². The molecule has 0 radical (unpaired) electrons. The Morgan fingerprint density at radius 3 is 2.19 bits per heavy atom. The molecule has 0 bridgehead atoms. The molecule has 2 heteroatoms. The number of unbranched alkanes of at least 4 members (excludes halogenated alkanes) is 1. The van der Waals surface area contributed by atoms with Crippen molar-refractivity contribution in [1.29, 1.82) is 0 Å². The molecule has 88 valence electrons. The molecule has 1 heterocycles. The van der Waals surface area contributed by atoms with E-state index in [1.165, 1.54) is 30.6 Å². The Bertz CT molecular complexity index is 333. The fraction of sp³-hybridized carbons (Fsp3) is 0.571. The molecule has 1 aliphatic heterocycles. The highest BCUT2D eigenvalue weighted by Gasteiger charge is 2.32. The summed E-state index contributed by atoms with van der Waals surface area (Å²) in [7, 11) is 0. The minimum atomic E-state index is 0.287. The van der Waals surface area contributed by atoms with Crippen molar-refractivity contribution in [1.82, 2.24) is 0 Å². The second-order valence-electron chi connectivity index (χ2n) is 5.36. The maximum atomic E-state index is 3.57. The third-order valence-corrected chi connectivity index (χ3v) is 3.48. The largest absolute Gasteiger partial charge is 0.363 e. The zero-order valence-corrected chi connectivity index (χ0v) is 10.5. The molecule has 0 saturated carbocycles. The van der Waals surface area contributed by atoms with Crippen LogP contribution in [0.5, 0.6) is 0 Å². The van der Waals surface area contributed by atoms with E-state index in [1.807, 2.05) is 0 Å². The van der Waals surface area contributed by atoms with Crippen LogP contribution in [0.15, 0.2) is 24.3 Å². The van der Waals surface area contributed by atoms with Crippen LogP contribution < -0.4 is 10.6 Å². The maximum Gasteiger partial charge on any atom is 0.102 e. The van der Waals surface area contributed by atoms with Crippen LogP contribution in [0.25, 0.3) is 0 Å². The highest BCUT2D eigenvalue weighted by atomic mass is 15.2. The molecule has 0 saturated heterocycles. The molecule has 0 fully saturated rings. The topological polar surface area (TPSA) is 24.1 Å². The van der Waals surface area contributed by atoms with E-state index in [2.05, 4.69) is 55.7 Å². The zero-order chi connectivity index (χ0) is 11.6. The van der Waals surface area contributed by atoms with E-state index in [-0.39, 0.29) is 5.41 Å². The Labute approximate surface area is 98.4 Å². The van der Waals surface area contributed by atoms with Gasteiger partial charge in [-0.25, -0.2) is 0 Å². The minimum absolute atomic E-state index is 0.287. The Morgan fingerprint density at radius 1 is 1.12 bits per heavy atom. The van der Waals surface area contributed by atoms with Gasteiger partial charge in [0.15, 0.2) is 0 Å². The average molecular weight is 218 g/mol. The van der Waals surface area contributed by atoms with Gasteiger partial charge in [0, 0.05) is 5.41 Å². The lowest BCUT2D eigenvalue weighted by molar-refractivity contribution is 0.293. The summed E-state index contributed by atoms with van der Waals surface area (Å²) in [5.74, 6) is 0.